The lowest BCUT2D eigenvalue weighted by Gasteiger charge is -2.41. The zero-order valence-corrected chi connectivity index (χ0v) is 12.3. The van der Waals surface area contributed by atoms with Crippen LogP contribution in [0.4, 0.5) is 0 Å². The van der Waals surface area contributed by atoms with Crippen LogP contribution < -0.4 is 5.32 Å². The van der Waals surface area contributed by atoms with E-state index in [4.69, 9.17) is 0 Å². The predicted molar refractivity (Wildman–Crippen MR) is 73.4 cm³/mol. The third-order valence-electron chi connectivity index (χ3n) is 3.89. The highest BCUT2D eigenvalue weighted by molar-refractivity contribution is 7.99. The zero-order valence-electron chi connectivity index (χ0n) is 11.5. The molecule has 2 unspecified atom stereocenters. The number of amides is 2. The molecule has 1 saturated heterocycles. The molecule has 2 fully saturated rings. The van der Waals surface area contributed by atoms with Gasteiger partial charge in [-0.05, 0) is 45.8 Å². The second kappa shape index (κ2) is 4.76. The van der Waals surface area contributed by atoms with Gasteiger partial charge >= 0.3 is 0 Å². The van der Waals surface area contributed by atoms with Gasteiger partial charge in [0.05, 0.1) is 0 Å². The summed E-state index contributed by atoms with van der Waals surface area (Å²) in [5, 5.41) is 2.87. The van der Waals surface area contributed by atoms with Crippen molar-refractivity contribution in [1.29, 1.82) is 0 Å². The van der Waals surface area contributed by atoms with Crippen LogP contribution in [-0.4, -0.2) is 46.3 Å². The summed E-state index contributed by atoms with van der Waals surface area (Å²) in [5.41, 5.74) is 0. The summed E-state index contributed by atoms with van der Waals surface area (Å²) in [5.74, 6) is 0.462. The van der Waals surface area contributed by atoms with Gasteiger partial charge in [0, 0.05) is 11.3 Å². The Morgan fingerprint density at radius 1 is 1.39 bits per heavy atom. The van der Waals surface area contributed by atoms with E-state index >= 15 is 0 Å². The van der Waals surface area contributed by atoms with Crippen LogP contribution in [-0.2, 0) is 9.59 Å². The highest BCUT2D eigenvalue weighted by Gasteiger charge is 2.46. The molecule has 18 heavy (non-hydrogen) atoms. The molecule has 0 aromatic carbocycles. The van der Waals surface area contributed by atoms with Gasteiger partial charge in [0.2, 0.25) is 11.8 Å². The van der Waals surface area contributed by atoms with Gasteiger partial charge in [0.1, 0.15) is 12.1 Å². The fourth-order valence-corrected chi connectivity index (χ4v) is 2.55. The molecule has 2 atom stereocenters. The first-order valence-electron chi connectivity index (χ1n) is 6.52. The quantitative estimate of drug-likeness (QED) is 0.836. The molecule has 2 aliphatic rings. The second-order valence-electron chi connectivity index (χ2n) is 5.93. The maximum Gasteiger partial charge on any atom is 0.246 e. The van der Waals surface area contributed by atoms with E-state index in [0.717, 1.165) is 12.8 Å². The van der Waals surface area contributed by atoms with Crippen LogP contribution in [0, 0.1) is 5.92 Å². The van der Waals surface area contributed by atoms with E-state index in [1.54, 1.807) is 16.7 Å². The van der Waals surface area contributed by atoms with Crippen LogP contribution in [0.5, 0.6) is 0 Å². The van der Waals surface area contributed by atoms with E-state index in [-0.39, 0.29) is 28.6 Å². The van der Waals surface area contributed by atoms with Gasteiger partial charge in [-0.2, -0.15) is 11.8 Å². The summed E-state index contributed by atoms with van der Waals surface area (Å²) >= 11 is 1.73. The lowest BCUT2D eigenvalue weighted by atomic mass is 10.0. The summed E-state index contributed by atoms with van der Waals surface area (Å²) in [7, 11) is 0. The van der Waals surface area contributed by atoms with E-state index in [9.17, 15) is 9.59 Å². The van der Waals surface area contributed by atoms with Crippen LogP contribution in [0.25, 0.3) is 0 Å². The first-order valence-corrected chi connectivity index (χ1v) is 7.74. The monoisotopic (exact) mass is 270 g/mol. The number of hydrogen-bond donors (Lipinski definition) is 1. The number of nitrogens with zero attached hydrogens (tertiary/aromatic N) is 1. The van der Waals surface area contributed by atoms with Gasteiger partial charge < -0.3 is 10.2 Å². The van der Waals surface area contributed by atoms with Crippen LogP contribution >= 0.6 is 11.8 Å². The zero-order chi connectivity index (χ0) is 13.5. The van der Waals surface area contributed by atoms with Gasteiger partial charge in [-0.1, -0.05) is 0 Å². The number of hydrogen-bond acceptors (Lipinski definition) is 3. The summed E-state index contributed by atoms with van der Waals surface area (Å²) in [6.07, 6.45) is 4.16. The summed E-state index contributed by atoms with van der Waals surface area (Å²) in [6.45, 7) is 6.66. The fourth-order valence-electron chi connectivity index (χ4n) is 2.29. The Balaban J connectivity index is 2.14. The van der Waals surface area contributed by atoms with Crippen molar-refractivity contribution >= 4 is 23.6 Å². The van der Waals surface area contributed by atoms with E-state index in [1.807, 2.05) is 13.2 Å². The van der Waals surface area contributed by atoms with Crippen LogP contribution in [0.3, 0.4) is 0 Å². The number of thioether (sulfide) groups is 1. The van der Waals surface area contributed by atoms with Crippen molar-refractivity contribution in [2.24, 2.45) is 5.92 Å². The SMILES string of the molecule is CSC(C)(C)CN1C(=O)C(C2CC2)NC(=O)C1C. The Morgan fingerprint density at radius 3 is 2.50 bits per heavy atom. The summed E-state index contributed by atoms with van der Waals surface area (Å²) in [4.78, 5) is 26.2. The lowest BCUT2D eigenvalue weighted by Crippen LogP contribution is -2.64. The molecule has 1 heterocycles. The van der Waals surface area contributed by atoms with Gasteiger partial charge in [0.25, 0.3) is 0 Å². The minimum atomic E-state index is -0.348. The molecular formula is C13H22N2O2S. The average molecular weight is 270 g/mol. The molecule has 0 radical (unpaired) electrons. The molecule has 102 valence electrons. The topological polar surface area (TPSA) is 49.4 Å². The van der Waals surface area contributed by atoms with E-state index < -0.39 is 0 Å². The van der Waals surface area contributed by atoms with Crippen molar-refractivity contribution in [2.75, 3.05) is 12.8 Å². The average Bonchev–Trinajstić information content (AvgIpc) is 3.13. The summed E-state index contributed by atoms with van der Waals surface area (Å²) < 4.78 is -0.0182. The molecule has 1 saturated carbocycles. The molecule has 0 aromatic rings. The van der Waals surface area contributed by atoms with Crippen molar-refractivity contribution in [2.45, 2.75) is 50.4 Å². The smallest absolute Gasteiger partial charge is 0.246 e. The Hall–Kier alpha value is -0.710. The molecule has 4 nitrogen and oxygen atoms in total. The largest absolute Gasteiger partial charge is 0.342 e. The molecule has 2 rings (SSSR count). The van der Waals surface area contributed by atoms with E-state index in [2.05, 4.69) is 19.2 Å². The van der Waals surface area contributed by atoms with Gasteiger partial charge in [0.15, 0.2) is 0 Å². The van der Waals surface area contributed by atoms with Crippen LogP contribution in [0.1, 0.15) is 33.6 Å². The van der Waals surface area contributed by atoms with Gasteiger partial charge in [-0.25, -0.2) is 0 Å². The van der Waals surface area contributed by atoms with E-state index in [1.165, 1.54) is 0 Å². The number of rotatable bonds is 4. The molecule has 1 aliphatic heterocycles. The van der Waals surface area contributed by atoms with Crippen molar-refractivity contribution < 1.29 is 9.59 Å². The molecule has 0 spiro atoms. The fraction of sp³-hybridized carbons (Fsp3) is 0.846. The molecule has 0 bridgehead atoms. The molecule has 1 aliphatic carbocycles. The summed E-state index contributed by atoms with van der Waals surface area (Å²) in [6, 6.07) is -0.620. The Bertz CT molecular complexity index is 366. The highest BCUT2D eigenvalue weighted by Crippen LogP contribution is 2.35. The van der Waals surface area contributed by atoms with Gasteiger partial charge in [-0.15, -0.1) is 0 Å². The third-order valence-corrected chi connectivity index (χ3v) is 5.13. The second-order valence-corrected chi connectivity index (χ2v) is 7.44. The Labute approximate surface area is 113 Å². The van der Waals surface area contributed by atoms with Crippen molar-refractivity contribution in [1.82, 2.24) is 10.2 Å². The predicted octanol–water partition coefficient (Wildman–Crippen LogP) is 1.25. The number of carbonyl (C=O) groups is 2. The van der Waals surface area contributed by atoms with E-state index in [0.29, 0.717) is 12.5 Å². The standard InChI is InChI=1S/C13H22N2O2S/c1-8-11(16)14-10(9-5-6-9)12(17)15(8)7-13(2,3)18-4/h8-10H,5-7H2,1-4H3,(H,14,16). The van der Waals surface area contributed by atoms with Crippen molar-refractivity contribution in [3.63, 3.8) is 0 Å². The van der Waals surface area contributed by atoms with Crippen LogP contribution in [0.15, 0.2) is 0 Å². The maximum absolute atomic E-state index is 12.5. The molecule has 0 aromatic heterocycles. The molecular weight excluding hydrogens is 248 g/mol. The molecule has 5 heteroatoms. The first kappa shape index (κ1) is 13.7. The molecule has 2 amide bonds. The van der Waals surface area contributed by atoms with Crippen molar-refractivity contribution in [3.8, 4) is 0 Å². The molecule has 1 N–H and O–H groups in total. The van der Waals surface area contributed by atoms with Gasteiger partial charge in [-0.3, -0.25) is 9.59 Å². The normalized spacial score (nSPS) is 29.4. The Kier molecular flexibility index (Phi) is 3.63. The Morgan fingerprint density at radius 2 is 2.00 bits per heavy atom. The first-order chi connectivity index (χ1) is 8.35. The highest BCUT2D eigenvalue weighted by atomic mass is 32.2. The lowest BCUT2D eigenvalue weighted by molar-refractivity contribution is -0.149. The number of piperazine rings is 1. The maximum atomic E-state index is 12.5. The minimum absolute atomic E-state index is 0.0107. The third kappa shape index (κ3) is 2.66. The van der Waals surface area contributed by atoms with Crippen molar-refractivity contribution in [3.05, 3.63) is 0 Å². The minimum Gasteiger partial charge on any atom is -0.342 e. The number of carbonyl (C=O) groups excluding carboxylic acids is 2. The number of nitrogens with one attached hydrogen (secondary N) is 1. The van der Waals surface area contributed by atoms with Crippen LogP contribution in [0.2, 0.25) is 0 Å².